The average molecular weight is 302 g/mol. The van der Waals surface area contributed by atoms with E-state index in [0.29, 0.717) is 23.6 Å². The van der Waals surface area contributed by atoms with Gasteiger partial charge in [-0.3, -0.25) is 14.3 Å². The molecule has 2 rings (SSSR count). The lowest BCUT2D eigenvalue weighted by Gasteiger charge is -2.10. The number of hydrogen-bond acceptors (Lipinski definition) is 4. The highest BCUT2D eigenvalue weighted by Crippen LogP contribution is 2.21. The monoisotopic (exact) mass is 302 g/mol. The summed E-state index contributed by atoms with van der Waals surface area (Å²) in [5.41, 5.74) is 0.904. The summed E-state index contributed by atoms with van der Waals surface area (Å²) in [6, 6.07) is 6.93. The second-order valence-electron chi connectivity index (χ2n) is 4.53. The number of aromatic nitrogens is 2. The van der Waals surface area contributed by atoms with Crippen LogP contribution in [-0.2, 0) is 7.05 Å². The van der Waals surface area contributed by atoms with Gasteiger partial charge in [0.2, 0.25) is 0 Å². The Morgan fingerprint density at radius 2 is 2.00 bits per heavy atom. The molecule has 22 heavy (non-hydrogen) atoms. The summed E-state index contributed by atoms with van der Waals surface area (Å²) >= 11 is 0. The number of rotatable bonds is 5. The lowest BCUT2D eigenvalue weighted by molar-refractivity contribution is 0.0958. The van der Waals surface area contributed by atoms with E-state index in [1.807, 2.05) is 6.92 Å². The molecule has 1 heterocycles. The number of ether oxygens (including phenoxy) is 1. The van der Waals surface area contributed by atoms with Gasteiger partial charge in [0.1, 0.15) is 5.75 Å². The highest BCUT2D eigenvalue weighted by Gasteiger charge is 2.19. The van der Waals surface area contributed by atoms with Crippen molar-refractivity contribution >= 4 is 17.5 Å². The van der Waals surface area contributed by atoms with Crippen molar-refractivity contribution in [3.63, 3.8) is 0 Å². The van der Waals surface area contributed by atoms with Crippen LogP contribution in [-0.4, -0.2) is 35.2 Å². The largest absolute Gasteiger partial charge is 0.493 e. The first-order chi connectivity index (χ1) is 10.6. The van der Waals surface area contributed by atoms with Crippen LogP contribution >= 0.6 is 0 Å². The third-order valence-corrected chi connectivity index (χ3v) is 2.95. The lowest BCUT2D eigenvalue weighted by Crippen LogP contribution is -2.21. The van der Waals surface area contributed by atoms with Gasteiger partial charge in [0.25, 0.3) is 11.8 Å². The Bertz CT molecular complexity index is 694. The van der Waals surface area contributed by atoms with Crippen molar-refractivity contribution in [2.24, 2.45) is 7.05 Å². The lowest BCUT2D eigenvalue weighted by atomic mass is 10.2. The highest BCUT2D eigenvalue weighted by atomic mass is 16.5. The van der Waals surface area contributed by atoms with Crippen molar-refractivity contribution in [2.45, 2.75) is 6.92 Å². The van der Waals surface area contributed by atoms with Gasteiger partial charge < -0.3 is 15.4 Å². The van der Waals surface area contributed by atoms with Crippen LogP contribution in [0.1, 0.15) is 27.8 Å². The first-order valence-corrected chi connectivity index (χ1v) is 6.85. The molecular formula is C15H18N4O3. The van der Waals surface area contributed by atoms with E-state index < -0.39 is 0 Å². The summed E-state index contributed by atoms with van der Waals surface area (Å²) < 4.78 is 6.91. The fraction of sp³-hybridized carbons (Fsp3) is 0.267. The molecule has 116 valence electrons. The number of para-hydroxylation sites is 1. The van der Waals surface area contributed by atoms with Gasteiger partial charge in [-0.25, -0.2) is 0 Å². The van der Waals surface area contributed by atoms with E-state index in [9.17, 15) is 9.59 Å². The zero-order valence-corrected chi connectivity index (χ0v) is 12.7. The maximum absolute atomic E-state index is 12.4. The van der Waals surface area contributed by atoms with Crippen LogP contribution in [0.4, 0.5) is 5.69 Å². The summed E-state index contributed by atoms with van der Waals surface area (Å²) in [4.78, 5) is 24.2. The Hall–Kier alpha value is -2.83. The van der Waals surface area contributed by atoms with Crippen LogP contribution in [0.15, 0.2) is 30.5 Å². The van der Waals surface area contributed by atoms with E-state index >= 15 is 0 Å². The predicted octanol–water partition coefficient (Wildman–Crippen LogP) is 1.43. The van der Waals surface area contributed by atoms with Crippen molar-refractivity contribution in [3.8, 4) is 5.75 Å². The van der Waals surface area contributed by atoms with Crippen LogP contribution in [0, 0.1) is 0 Å². The molecule has 0 saturated heterocycles. The summed E-state index contributed by atoms with van der Waals surface area (Å²) in [7, 11) is 3.18. The third-order valence-electron chi connectivity index (χ3n) is 2.95. The van der Waals surface area contributed by atoms with E-state index in [2.05, 4.69) is 15.7 Å². The van der Waals surface area contributed by atoms with E-state index in [1.165, 1.54) is 11.7 Å². The summed E-state index contributed by atoms with van der Waals surface area (Å²) in [6.07, 6.45) is 1.58. The number of nitrogens with one attached hydrogen (secondary N) is 2. The van der Waals surface area contributed by atoms with Crippen LogP contribution < -0.4 is 15.4 Å². The highest BCUT2D eigenvalue weighted by molar-refractivity contribution is 6.09. The van der Waals surface area contributed by atoms with E-state index in [-0.39, 0.29) is 17.5 Å². The molecule has 2 aromatic rings. The Morgan fingerprint density at radius 3 is 2.68 bits per heavy atom. The van der Waals surface area contributed by atoms with Gasteiger partial charge in [-0.15, -0.1) is 0 Å². The van der Waals surface area contributed by atoms with Crippen LogP contribution in [0.25, 0.3) is 0 Å². The SMILES string of the molecule is CCOc1ccccc1C(=O)Nc1cn(C)nc1C(=O)NC. The molecular weight excluding hydrogens is 284 g/mol. The molecule has 0 aliphatic rings. The number of anilines is 1. The molecule has 2 amide bonds. The first kappa shape index (κ1) is 15.6. The zero-order chi connectivity index (χ0) is 16.1. The Balaban J connectivity index is 2.28. The fourth-order valence-corrected chi connectivity index (χ4v) is 1.99. The number of carbonyl (C=O) groups excluding carboxylic acids is 2. The van der Waals surface area contributed by atoms with Gasteiger partial charge in [0.15, 0.2) is 5.69 Å². The van der Waals surface area contributed by atoms with Crippen molar-refractivity contribution in [1.29, 1.82) is 0 Å². The normalized spacial score (nSPS) is 10.1. The van der Waals surface area contributed by atoms with Gasteiger partial charge in [-0.2, -0.15) is 5.10 Å². The number of nitrogens with zero attached hydrogens (tertiary/aromatic N) is 2. The molecule has 0 spiro atoms. The van der Waals surface area contributed by atoms with Crippen LogP contribution in [0.3, 0.4) is 0 Å². The minimum atomic E-state index is -0.367. The zero-order valence-electron chi connectivity index (χ0n) is 12.7. The van der Waals surface area contributed by atoms with E-state index in [0.717, 1.165) is 0 Å². The molecule has 0 atom stereocenters. The molecule has 0 saturated carbocycles. The number of amides is 2. The molecule has 0 fully saturated rings. The standard InChI is InChI=1S/C15H18N4O3/c1-4-22-12-8-6-5-7-10(12)14(20)17-11-9-19(3)18-13(11)15(21)16-2/h5-9H,4H2,1-3H3,(H,16,21)(H,17,20). The molecule has 7 heteroatoms. The van der Waals surface area contributed by atoms with Crippen LogP contribution in [0.2, 0.25) is 0 Å². The fourth-order valence-electron chi connectivity index (χ4n) is 1.99. The van der Waals surface area contributed by atoms with Crippen molar-refractivity contribution < 1.29 is 14.3 Å². The minimum Gasteiger partial charge on any atom is -0.493 e. The molecule has 2 N–H and O–H groups in total. The number of carbonyl (C=O) groups is 2. The smallest absolute Gasteiger partial charge is 0.273 e. The predicted molar refractivity (Wildman–Crippen MR) is 82.2 cm³/mol. The van der Waals surface area contributed by atoms with Crippen molar-refractivity contribution in [3.05, 3.63) is 41.7 Å². The number of hydrogen-bond donors (Lipinski definition) is 2. The van der Waals surface area contributed by atoms with Gasteiger partial charge >= 0.3 is 0 Å². The minimum absolute atomic E-state index is 0.159. The molecule has 1 aromatic heterocycles. The first-order valence-electron chi connectivity index (χ1n) is 6.85. The van der Waals surface area contributed by atoms with Gasteiger partial charge in [-0.1, -0.05) is 12.1 Å². The molecule has 7 nitrogen and oxygen atoms in total. The second kappa shape index (κ2) is 6.75. The topological polar surface area (TPSA) is 85.2 Å². The third kappa shape index (κ3) is 3.25. The van der Waals surface area contributed by atoms with Gasteiger partial charge in [0, 0.05) is 20.3 Å². The molecule has 0 radical (unpaired) electrons. The van der Waals surface area contributed by atoms with Crippen molar-refractivity contribution in [1.82, 2.24) is 15.1 Å². The molecule has 1 aromatic carbocycles. The number of aryl methyl sites for hydroxylation is 1. The Kier molecular flexibility index (Phi) is 4.77. The second-order valence-corrected chi connectivity index (χ2v) is 4.53. The summed E-state index contributed by atoms with van der Waals surface area (Å²) in [5, 5.41) is 9.23. The molecule has 0 aliphatic carbocycles. The number of benzene rings is 1. The average Bonchev–Trinajstić information content (AvgIpc) is 2.88. The maximum Gasteiger partial charge on any atom is 0.273 e. The summed E-state index contributed by atoms with van der Waals surface area (Å²) in [5.74, 6) is -0.232. The van der Waals surface area contributed by atoms with E-state index in [4.69, 9.17) is 4.74 Å². The maximum atomic E-state index is 12.4. The van der Waals surface area contributed by atoms with Gasteiger partial charge in [-0.05, 0) is 19.1 Å². The Morgan fingerprint density at radius 1 is 1.27 bits per heavy atom. The quantitative estimate of drug-likeness (QED) is 0.875. The van der Waals surface area contributed by atoms with E-state index in [1.54, 1.807) is 37.5 Å². The van der Waals surface area contributed by atoms with Gasteiger partial charge in [0.05, 0.1) is 17.9 Å². The molecule has 0 bridgehead atoms. The van der Waals surface area contributed by atoms with Crippen LogP contribution in [0.5, 0.6) is 5.75 Å². The van der Waals surface area contributed by atoms with Crippen molar-refractivity contribution in [2.75, 3.05) is 19.0 Å². The molecule has 0 unspecified atom stereocenters. The summed E-state index contributed by atoms with van der Waals surface area (Å²) in [6.45, 7) is 2.31. The molecule has 0 aliphatic heterocycles. The Labute approximate surface area is 128 Å².